The monoisotopic (exact) mass is 197 g/mol. The molecule has 3 nitrogen and oxygen atoms in total. The van der Waals surface area contributed by atoms with Crippen LogP contribution in [0.2, 0.25) is 0 Å². The van der Waals surface area contributed by atoms with E-state index in [1.807, 2.05) is 0 Å². The van der Waals surface area contributed by atoms with E-state index in [1.54, 1.807) is 0 Å². The lowest BCUT2D eigenvalue weighted by Gasteiger charge is -2.40. The highest BCUT2D eigenvalue weighted by Gasteiger charge is 2.38. The van der Waals surface area contributed by atoms with E-state index in [9.17, 15) is 4.79 Å². The zero-order chi connectivity index (χ0) is 9.97. The molecule has 14 heavy (non-hydrogen) atoms. The van der Waals surface area contributed by atoms with Crippen molar-refractivity contribution in [3.05, 3.63) is 0 Å². The largest absolute Gasteiger partial charge is 0.469 e. The molecule has 3 heteroatoms. The first-order chi connectivity index (χ1) is 6.83. The van der Waals surface area contributed by atoms with Gasteiger partial charge in [0.2, 0.25) is 0 Å². The summed E-state index contributed by atoms with van der Waals surface area (Å²) in [6.45, 7) is 2.19. The number of rotatable bonds is 2. The first-order valence-electron chi connectivity index (χ1n) is 5.61. The summed E-state index contributed by atoms with van der Waals surface area (Å²) in [6, 6.07) is 0. The van der Waals surface area contributed by atoms with Gasteiger partial charge in [-0.25, -0.2) is 0 Å². The van der Waals surface area contributed by atoms with Crippen LogP contribution in [-0.2, 0) is 9.53 Å². The Morgan fingerprint density at radius 1 is 1.29 bits per heavy atom. The Balaban J connectivity index is 1.98. The molecule has 0 amide bonds. The van der Waals surface area contributed by atoms with Crippen molar-refractivity contribution in [3.63, 3.8) is 0 Å². The van der Waals surface area contributed by atoms with Gasteiger partial charge in [0.25, 0.3) is 0 Å². The molecule has 2 atom stereocenters. The number of ether oxygens (including phenoxy) is 1. The second-order valence-electron chi connectivity index (χ2n) is 4.50. The van der Waals surface area contributed by atoms with Crippen molar-refractivity contribution in [2.24, 2.45) is 17.8 Å². The van der Waals surface area contributed by atoms with Crippen molar-refractivity contribution in [2.75, 3.05) is 20.2 Å². The minimum atomic E-state index is 0.0154. The number of hydrogen-bond acceptors (Lipinski definition) is 3. The van der Waals surface area contributed by atoms with Gasteiger partial charge >= 0.3 is 5.97 Å². The molecule has 80 valence electrons. The van der Waals surface area contributed by atoms with Crippen LogP contribution in [0.15, 0.2) is 0 Å². The summed E-state index contributed by atoms with van der Waals surface area (Å²) in [5, 5.41) is 3.28. The van der Waals surface area contributed by atoms with Gasteiger partial charge in [-0.05, 0) is 37.8 Å². The van der Waals surface area contributed by atoms with Crippen LogP contribution in [0.5, 0.6) is 0 Å². The fourth-order valence-corrected chi connectivity index (χ4v) is 2.78. The summed E-state index contributed by atoms with van der Waals surface area (Å²) in [5.41, 5.74) is 0. The molecule has 0 spiro atoms. The third-order valence-corrected chi connectivity index (χ3v) is 3.74. The van der Waals surface area contributed by atoms with E-state index in [2.05, 4.69) is 5.32 Å². The molecule has 1 heterocycles. The average Bonchev–Trinajstić information content (AvgIpc) is 2.15. The van der Waals surface area contributed by atoms with Gasteiger partial charge in [-0.15, -0.1) is 0 Å². The van der Waals surface area contributed by atoms with E-state index in [0.29, 0.717) is 5.92 Å². The highest BCUT2D eigenvalue weighted by atomic mass is 16.5. The molecular formula is C11H19NO2. The zero-order valence-electron chi connectivity index (χ0n) is 8.79. The summed E-state index contributed by atoms with van der Waals surface area (Å²) in [5.74, 6) is 1.50. The van der Waals surface area contributed by atoms with Gasteiger partial charge < -0.3 is 10.1 Å². The summed E-state index contributed by atoms with van der Waals surface area (Å²) in [7, 11) is 1.51. The number of nitrogens with one attached hydrogen (secondary N) is 1. The minimum Gasteiger partial charge on any atom is -0.469 e. The predicted octanol–water partition coefficient (Wildman–Crippen LogP) is 1.19. The minimum absolute atomic E-state index is 0.0154. The fraction of sp³-hybridized carbons (Fsp3) is 0.909. The molecule has 0 aromatic rings. The van der Waals surface area contributed by atoms with Gasteiger partial charge in [-0.1, -0.05) is 12.8 Å². The maximum atomic E-state index is 11.6. The van der Waals surface area contributed by atoms with Crippen molar-refractivity contribution in [1.82, 2.24) is 5.32 Å². The van der Waals surface area contributed by atoms with E-state index in [0.717, 1.165) is 25.4 Å². The smallest absolute Gasteiger partial charge is 0.308 e. The van der Waals surface area contributed by atoms with E-state index >= 15 is 0 Å². The van der Waals surface area contributed by atoms with Crippen LogP contribution >= 0.6 is 0 Å². The van der Waals surface area contributed by atoms with Gasteiger partial charge in [-0.3, -0.25) is 4.79 Å². The van der Waals surface area contributed by atoms with Crippen molar-refractivity contribution in [3.8, 4) is 0 Å². The molecule has 1 aliphatic carbocycles. The van der Waals surface area contributed by atoms with Crippen LogP contribution in [0.25, 0.3) is 0 Å². The Kier molecular flexibility index (Phi) is 3.06. The van der Waals surface area contributed by atoms with Crippen LogP contribution in [0.4, 0.5) is 0 Å². The molecule has 1 saturated carbocycles. The second-order valence-corrected chi connectivity index (χ2v) is 4.50. The SMILES string of the molecule is COC(=O)C1CCCCC1C1CNC1. The Bertz CT molecular complexity index is 213. The standard InChI is InChI=1S/C11H19NO2/c1-14-11(13)10-5-3-2-4-9(10)8-6-12-7-8/h8-10,12H,2-7H2,1H3. The first-order valence-corrected chi connectivity index (χ1v) is 5.61. The van der Waals surface area contributed by atoms with Crippen molar-refractivity contribution in [2.45, 2.75) is 25.7 Å². The van der Waals surface area contributed by atoms with E-state index in [4.69, 9.17) is 4.74 Å². The number of esters is 1. The predicted molar refractivity (Wildman–Crippen MR) is 53.8 cm³/mol. The van der Waals surface area contributed by atoms with Crippen LogP contribution in [0.3, 0.4) is 0 Å². The zero-order valence-corrected chi connectivity index (χ0v) is 8.79. The number of hydrogen-bond donors (Lipinski definition) is 1. The van der Waals surface area contributed by atoms with E-state index in [1.165, 1.54) is 26.4 Å². The molecule has 1 aliphatic heterocycles. The van der Waals surface area contributed by atoms with E-state index in [-0.39, 0.29) is 11.9 Å². The van der Waals surface area contributed by atoms with Crippen molar-refractivity contribution >= 4 is 5.97 Å². The van der Waals surface area contributed by atoms with Gasteiger partial charge in [-0.2, -0.15) is 0 Å². The maximum Gasteiger partial charge on any atom is 0.308 e. The molecule has 2 fully saturated rings. The van der Waals surface area contributed by atoms with Gasteiger partial charge in [0.05, 0.1) is 13.0 Å². The van der Waals surface area contributed by atoms with Crippen molar-refractivity contribution in [1.29, 1.82) is 0 Å². The lowest BCUT2D eigenvalue weighted by Crippen LogP contribution is -2.50. The summed E-state index contributed by atoms with van der Waals surface area (Å²) in [6.07, 6.45) is 4.73. The molecule has 0 radical (unpaired) electrons. The number of carbonyl (C=O) groups excluding carboxylic acids is 1. The summed E-state index contributed by atoms with van der Waals surface area (Å²) < 4.78 is 4.88. The highest BCUT2D eigenvalue weighted by molar-refractivity contribution is 5.72. The summed E-state index contributed by atoms with van der Waals surface area (Å²) in [4.78, 5) is 11.6. The number of carbonyl (C=O) groups is 1. The van der Waals surface area contributed by atoms with Crippen LogP contribution in [-0.4, -0.2) is 26.2 Å². The molecule has 2 unspecified atom stereocenters. The topological polar surface area (TPSA) is 38.3 Å². The molecular weight excluding hydrogens is 178 g/mol. The molecule has 0 bridgehead atoms. The fourth-order valence-electron chi connectivity index (χ4n) is 2.78. The Morgan fingerprint density at radius 2 is 2.00 bits per heavy atom. The lowest BCUT2D eigenvalue weighted by molar-refractivity contribution is -0.150. The van der Waals surface area contributed by atoms with E-state index < -0.39 is 0 Å². The molecule has 2 aliphatic rings. The molecule has 1 N–H and O–H groups in total. The number of methoxy groups -OCH3 is 1. The van der Waals surface area contributed by atoms with Crippen molar-refractivity contribution < 1.29 is 9.53 Å². The van der Waals surface area contributed by atoms with Crippen LogP contribution < -0.4 is 5.32 Å². The molecule has 0 aromatic carbocycles. The van der Waals surface area contributed by atoms with Gasteiger partial charge in [0, 0.05) is 0 Å². The lowest BCUT2D eigenvalue weighted by atomic mass is 9.70. The maximum absolute atomic E-state index is 11.6. The van der Waals surface area contributed by atoms with Crippen LogP contribution in [0, 0.1) is 17.8 Å². The molecule has 1 saturated heterocycles. The molecule has 0 aromatic heterocycles. The Hall–Kier alpha value is -0.570. The third kappa shape index (κ3) is 1.78. The average molecular weight is 197 g/mol. The van der Waals surface area contributed by atoms with Crippen LogP contribution in [0.1, 0.15) is 25.7 Å². The molecule has 2 rings (SSSR count). The van der Waals surface area contributed by atoms with Gasteiger partial charge in [0.15, 0.2) is 0 Å². The second kappa shape index (κ2) is 4.30. The third-order valence-electron chi connectivity index (χ3n) is 3.74. The first kappa shape index (κ1) is 9.97. The summed E-state index contributed by atoms with van der Waals surface area (Å²) >= 11 is 0. The Labute approximate surface area is 85.2 Å². The van der Waals surface area contributed by atoms with Gasteiger partial charge in [0.1, 0.15) is 0 Å². The Morgan fingerprint density at radius 3 is 2.57 bits per heavy atom. The normalized spacial score (nSPS) is 33.5. The highest BCUT2D eigenvalue weighted by Crippen LogP contribution is 2.37. The quantitative estimate of drug-likeness (QED) is 0.676.